The van der Waals surface area contributed by atoms with Crippen molar-refractivity contribution >= 4 is 0 Å². The molecule has 0 N–H and O–H groups in total. The van der Waals surface area contributed by atoms with Gasteiger partial charge in [0.05, 0.1) is 0 Å². The molecule has 2 heterocycles. The van der Waals surface area contributed by atoms with Crippen molar-refractivity contribution < 1.29 is 0 Å². The standard InChI is InChI=1S/C13H24N2/c1-3-14-6-12-8-15(9-13(12)7-14)10(2)11-4-5-11/h10-13H,3-9H2,1-2H3/t10?,12-,13+. The normalized spacial score (nSPS) is 39.6. The minimum absolute atomic E-state index is 0.880. The van der Waals surface area contributed by atoms with E-state index in [1.807, 2.05) is 0 Å². The van der Waals surface area contributed by atoms with Crippen LogP contribution in [-0.2, 0) is 0 Å². The van der Waals surface area contributed by atoms with Crippen LogP contribution >= 0.6 is 0 Å². The first kappa shape index (κ1) is 10.1. The van der Waals surface area contributed by atoms with Crippen LogP contribution in [0, 0.1) is 17.8 Å². The molecule has 0 bridgehead atoms. The van der Waals surface area contributed by atoms with Crippen molar-refractivity contribution in [2.24, 2.45) is 17.8 Å². The van der Waals surface area contributed by atoms with E-state index in [2.05, 4.69) is 23.6 Å². The van der Waals surface area contributed by atoms with Gasteiger partial charge in [0.25, 0.3) is 0 Å². The van der Waals surface area contributed by atoms with Gasteiger partial charge < -0.3 is 4.90 Å². The van der Waals surface area contributed by atoms with Crippen molar-refractivity contribution in [1.82, 2.24) is 9.80 Å². The molecule has 86 valence electrons. The second-order valence-electron chi connectivity index (χ2n) is 5.90. The van der Waals surface area contributed by atoms with Gasteiger partial charge in [-0.3, -0.25) is 4.90 Å². The Morgan fingerprint density at radius 1 is 1.07 bits per heavy atom. The second kappa shape index (κ2) is 3.74. The van der Waals surface area contributed by atoms with Gasteiger partial charge in [-0.25, -0.2) is 0 Å². The molecule has 2 heteroatoms. The second-order valence-corrected chi connectivity index (χ2v) is 5.90. The lowest BCUT2D eigenvalue weighted by Crippen LogP contribution is -2.35. The van der Waals surface area contributed by atoms with E-state index in [9.17, 15) is 0 Å². The lowest BCUT2D eigenvalue weighted by Gasteiger charge is -2.26. The zero-order valence-corrected chi connectivity index (χ0v) is 10.2. The molecule has 15 heavy (non-hydrogen) atoms. The molecule has 2 aliphatic heterocycles. The van der Waals surface area contributed by atoms with Gasteiger partial charge in [0, 0.05) is 32.2 Å². The Labute approximate surface area is 93.6 Å². The fourth-order valence-electron chi connectivity index (χ4n) is 3.59. The average molecular weight is 208 g/mol. The van der Waals surface area contributed by atoms with E-state index in [1.54, 1.807) is 0 Å². The predicted molar refractivity (Wildman–Crippen MR) is 62.9 cm³/mol. The maximum atomic E-state index is 2.78. The number of nitrogens with zero attached hydrogens (tertiary/aromatic N) is 2. The fraction of sp³-hybridized carbons (Fsp3) is 1.00. The van der Waals surface area contributed by atoms with Crippen molar-refractivity contribution in [3.05, 3.63) is 0 Å². The molecule has 0 amide bonds. The molecule has 0 radical (unpaired) electrons. The minimum Gasteiger partial charge on any atom is -0.303 e. The molecule has 3 rings (SSSR count). The third-order valence-electron chi connectivity index (χ3n) is 4.92. The van der Waals surface area contributed by atoms with E-state index in [1.165, 1.54) is 45.6 Å². The summed E-state index contributed by atoms with van der Waals surface area (Å²) < 4.78 is 0. The molecular formula is C13H24N2. The summed E-state index contributed by atoms with van der Waals surface area (Å²) in [5.41, 5.74) is 0. The molecule has 3 aliphatic rings. The van der Waals surface area contributed by atoms with Gasteiger partial charge in [-0.05, 0) is 44.1 Å². The molecular weight excluding hydrogens is 184 g/mol. The summed E-state index contributed by atoms with van der Waals surface area (Å²) in [4.78, 5) is 5.41. The number of likely N-dealkylation sites (tertiary alicyclic amines) is 2. The Hall–Kier alpha value is -0.0800. The van der Waals surface area contributed by atoms with Crippen LogP contribution in [0.5, 0.6) is 0 Å². The highest BCUT2D eigenvalue weighted by Crippen LogP contribution is 2.39. The van der Waals surface area contributed by atoms with Crippen LogP contribution in [-0.4, -0.2) is 48.6 Å². The summed E-state index contributed by atoms with van der Waals surface area (Å²) in [6.07, 6.45) is 2.99. The maximum Gasteiger partial charge on any atom is 0.00954 e. The molecule has 3 fully saturated rings. The van der Waals surface area contributed by atoms with Crippen LogP contribution in [0.2, 0.25) is 0 Å². The third-order valence-corrected chi connectivity index (χ3v) is 4.92. The van der Waals surface area contributed by atoms with E-state index in [-0.39, 0.29) is 0 Å². The maximum absolute atomic E-state index is 2.78. The van der Waals surface area contributed by atoms with Gasteiger partial charge in [0.2, 0.25) is 0 Å². The Balaban J connectivity index is 1.57. The smallest absolute Gasteiger partial charge is 0.00954 e. The van der Waals surface area contributed by atoms with Crippen molar-refractivity contribution in [2.45, 2.75) is 32.7 Å². The predicted octanol–water partition coefficient (Wildman–Crippen LogP) is 1.67. The first-order chi connectivity index (χ1) is 7.28. The van der Waals surface area contributed by atoms with E-state index in [0.717, 1.165) is 23.8 Å². The average Bonchev–Trinajstić information content (AvgIpc) is 2.88. The summed E-state index contributed by atoms with van der Waals surface area (Å²) in [7, 11) is 0. The largest absolute Gasteiger partial charge is 0.303 e. The monoisotopic (exact) mass is 208 g/mol. The zero-order valence-electron chi connectivity index (χ0n) is 10.2. The summed E-state index contributed by atoms with van der Waals surface area (Å²) in [5, 5.41) is 0. The summed E-state index contributed by atoms with van der Waals surface area (Å²) in [6.45, 7) is 11.5. The lowest BCUT2D eigenvalue weighted by molar-refractivity contribution is 0.199. The quantitative estimate of drug-likeness (QED) is 0.696. The third kappa shape index (κ3) is 1.83. The van der Waals surface area contributed by atoms with Crippen molar-refractivity contribution in [3.8, 4) is 0 Å². The van der Waals surface area contributed by atoms with Crippen molar-refractivity contribution in [2.75, 3.05) is 32.7 Å². The molecule has 1 aliphatic carbocycles. The van der Waals surface area contributed by atoms with Crippen molar-refractivity contribution in [1.29, 1.82) is 0 Å². The zero-order chi connectivity index (χ0) is 10.4. The molecule has 2 nitrogen and oxygen atoms in total. The lowest BCUT2D eigenvalue weighted by atomic mass is 10.0. The van der Waals surface area contributed by atoms with E-state index in [0.29, 0.717) is 0 Å². The number of hydrogen-bond acceptors (Lipinski definition) is 2. The topological polar surface area (TPSA) is 6.48 Å². The van der Waals surface area contributed by atoms with Crippen LogP contribution in [0.4, 0.5) is 0 Å². The van der Waals surface area contributed by atoms with Crippen molar-refractivity contribution in [3.63, 3.8) is 0 Å². The highest BCUT2D eigenvalue weighted by Gasteiger charge is 2.43. The van der Waals surface area contributed by atoms with Crippen LogP contribution in [0.3, 0.4) is 0 Å². The van der Waals surface area contributed by atoms with Crippen LogP contribution < -0.4 is 0 Å². The summed E-state index contributed by atoms with van der Waals surface area (Å²) >= 11 is 0. The Bertz CT molecular complexity index is 223. The van der Waals surface area contributed by atoms with E-state index >= 15 is 0 Å². The minimum atomic E-state index is 0.880. The van der Waals surface area contributed by atoms with Crippen LogP contribution in [0.25, 0.3) is 0 Å². The fourth-order valence-corrected chi connectivity index (χ4v) is 3.59. The van der Waals surface area contributed by atoms with Gasteiger partial charge in [0.15, 0.2) is 0 Å². The highest BCUT2D eigenvalue weighted by molar-refractivity contribution is 4.96. The molecule has 0 spiro atoms. The first-order valence-corrected chi connectivity index (χ1v) is 6.74. The van der Waals surface area contributed by atoms with E-state index < -0.39 is 0 Å². The van der Waals surface area contributed by atoms with Crippen LogP contribution in [0.1, 0.15) is 26.7 Å². The SMILES string of the molecule is CCN1C[C@@H]2CN(C(C)C3CC3)C[C@@H]2C1. The molecule has 1 unspecified atom stereocenters. The summed E-state index contributed by atoms with van der Waals surface area (Å²) in [5.74, 6) is 3.03. The first-order valence-electron chi connectivity index (χ1n) is 6.74. The van der Waals surface area contributed by atoms with Gasteiger partial charge >= 0.3 is 0 Å². The molecule has 1 saturated carbocycles. The molecule has 3 atom stereocenters. The van der Waals surface area contributed by atoms with E-state index in [4.69, 9.17) is 0 Å². The number of fused-ring (bicyclic) bond motifs is 1. The molecule has 0 aromatic heterocycles. The van der Waals surface area contributed by atoms with Gasteiger partial charge in [-0.2, -0.15) is 0 Å². The van der Waals surface area contributed by atoms with Gasteiger partial charge in [-0.1, -0.05) is 6.92 Å². The summed E-state index contributed by atoms with van der Waals surface area (Å²) in [6, 6.07) is 0.880. The van der Waals surface area contributed by atoms with Gasteiger partial charge in [-0.15, -0.1) is 0 Å². The number of hydrogen-bond donors (Lipinski definition) is 0. The molecule has 2 saturated heterocycles. The molecule has 0 aromatic carbocycles. The number of rotatable bonds is 3. The van der Waals surface area contributed by atoms with Gasteiger partial charge in [0.1, 0.15) is 0 Å². The Morgan fingerprint density at radius 2 is 1.67 bits per heavy atom. The van der Waals surface area contributed by atoms with Crippen LogP contribution in [0.15, 0.2) is 0 Å². The Morgan fingerprint density at radius 3 is 2.13 bits per heavy atom. The molecule has 0 aromatic rings. The highest BCUT2D eigenvalue weighted by atomic mass is 15.2. The Kier molecular flexibility index (Phi) is 2.52.